The van der Waals surface area contributed by atoms with E-state index in [1.807, 2.05) is 30.3 Å². The van der Waals surface area contributed by atoms with Gasteiger partial charge in [-0.2, -0.15) is 17.5 Å². The molecular formula is C22H24F3N3O4S. The summed E-state index contributed by atoms with van der Waals surface area (Å²) in [6, 6.07) is 14.0. The highest BCUT2D eigenvalue weighted by atomic mass is 32.2. The zero-order valence-corrected chi connectivity index (χ0v) is 18.5. The normalized spacial score (nSPS) is 18.4. The Morgan fingerprint density at radius 1 is 1.06 bits per heavy atom. The zero-order chi connectivity index (χ0) is 23.7. The highest BCUT2D eigenvalue weighted by Crippen LogP contribution is 2.45. The van der Waals surface area contributed by atoms with Crippen LogP contribution in [0.5, 0.6) is 0 Å². The second-order valence-electron chi connectivity index (χ2n) is 8.24. The number of halogens is 3. The van der Waals surface area contributed by atoms with Crippen LogP contribution >= 0.6 is 0 Å². The zero-order valence-electron chi connectivity index (χ0n) is 17.7. The van der Waals surface area contributed by atoms with Crippen LogP contribution in [0.3, 0.4) is 0 Å². The number of aryl methyl sites for hydroxylation is 1. The van der Waals surface area contributed by atoms with Crippen LogP contribution in [0.1, 0.15) is 24.0 Å². The Morgan fingerprint density at radius 3 is 2.36 bits per heavy atom. The molecule has 11 heteroatoms. The molecule has 1 amide bonds. The summed E-state index contributed by atoms with van der Waals surface area (Å²) in [5.41, 5.74) is -0.879. The van der Waals surface area contributed by atoms with E-state index in [2.05, 4.69) is 5.32 Å². The molecule has 0 aromatic heterocycles. The van der Waals surface area contributed by atoms with Gasteiger partial charge in [-0.3, -0.25) is 0 Å². The number of carbonyl (C=O) groups is 1. The number of benzene rings is 2. The first kappa shape index (κ1) is 23.5. The summed E-state index contributed by atoms with van der Waals surface area (Å²) >= 11 is 0. The first-order valence-corrected chi connectivity index (χ1v) is 12.0. The second kappa shape index (κ2) is 8.96. The maximum absolute atomic E-state index is 13.3. The maximum atomic E-state index is 13.3. The number of nitrogens with zero attached hydrogens (tertiary/aromatic N) is 2. The van der Waals surface area contributed by atoms with Gasteiger partial charge < -0.3 is 10.2 Å². The molecule has 2 aliphatic heterocycles. The lowest BCUT2D eigenvalue weighted by Gasteiger charge is -2.59. The van der Waals surface area contributed by atoms with Crippen LogP contribution in [-0.2, 0) is 27.5 Å². The van der Waals surface area contributed by atoms with Crippen LogP contribution in [0.2, 0.25) is 0 Å². The van der Waals surface area contributed by atoms with E-state index in [1.54, 1.807) is 0 Å². The third-order valence-corrected chi connectivity index (χ3v) is 8.04. The summed E-state index contributed by atoms with van der Waals surface area (Å²) < 4.78 is 67.1. The third kappa shape index (κ3) is 4.85. The third-order valence-electron chi connectivity index (χ3n) is 5.98. The van der Waals surface area contributed by atoms with Gasteiger partial charge in [0.1, 0.15) is 0 Å². The smallest absolute Gasteiger partial charge is 0.351 e. The van der Waals surface area contributed by atoms with Gasteiger partial charge in [0.25, 0.3) is 0 Å². The van der Waals surface area contributed by atoms with Crippen LogP contribution in [-0.4, -0.2) is 55.6 Å². The molecule has 1 N–H and O–H groups in total. The van der Waals surface area contributed by atoms with Crippen molar-refractivity contribution in [3.8, 4) is 0 Å². The molecule has 2 fully saturated rings. The highest BCUT2D eigenvalue weighted by Gasteiger charge is 2.60. The van der Waals surface area contributed by atoms with Crippen molar-refractivity contribution in [1.29, 1.82) is 0 Å². The number of carbonyl (C=O) groups excluding carboxylic acids is 1. The van der Waals surface area contributed by atoms with Crippen molar-refractivity contribution in [2.75, 3.05) is 26.2 Å². The van der Waals surface area contributed by atoms with E-state index in [4.69, 9.17) is 4.84 Å². The number of nitrogens with one attached hydrogen (secondary N) is 1. The van der Waals surface area contributed by atoms with Crippen molar-refractivity contribution in [2.45, 2.75) is 35.9 Å². The van der Waals surface area contributed by atoms with Crippen molar-refractivity contribution in [3.05, 3.63) is 65.7 Å². The van der Waals surface area contributed by atoms with Gasteiger partial charge in [-0.1, -0.05) is 42.5 Å². The summed E-state index contributed by atoms with van der Waals surface area (Å²) in [4.78, 5) is 16.4. The lowest BCUT2D eigenvalue weighted by Crippen LogP contribution is -2.77. The van der Waals surface area contributed by atoms with Crippen molar-refractivity contribution < 1.29 is 31.2 Å². The van der Waals surface area contributed by atoms with Gasteiger partial charge in [0.2, 0.25) is 10.0 Å². The molecule has 0 radical (unpaired) electrons. The summed E-state index contributed by atoms with van der Waals surface area (Å²) in [6.07, 6.45) is -3.41. The molecule has 0 saturated carbocycles. The molecule has 2 saturated heterocycles. The molecule has 0 bridgehead atoms. The summed E-state index contributed by atoms with van der Waals surface area (Å²) in [6.45, 7) is 0.755. The molecule has 33 heavy (non-hydrogen) atoms. The van der Waals surface area contributed by atoms with Crippen molar-refractivity contribution in [1.82, 2.24) is 14.7 Å². The molecule has 2 aliphatic rings. The Balaban J connectivity index is 1.29. The summed E-state index contributed by atoms with van der Waals surface area (Å²) in [5, 5.41) is 3.97. The SMILES string of the molecule is O=C(NCCCc1ccccc1)ON1CC2(CCN2S(=O)(=O)c2ccccc2C(F)(F)F)C1. The van der Waals surface area contributed by atoms with E-state index >= 15 is 0 Å². The molecule has 7 nitrogen and oxygen atoms in total. The second-order valence-corrected chi connectivity index (χ2v) is 10.1. The average molecular weight is 484 g/mol. The predicted octanol–water partition coefficient (Wildman–Crippen LogP) is 3.43. The van der Waals surface area contributed by atoms with E-state index < -0.39 is 38.3 Å². The first-order valence-electron chi connectivity index (χ1n) is 10.6. The van der Waals surface area contributed by atoms with Gasteiger partial charge in [-0.05, 0) is 37.0 Å². The number of hydrogen-bond acceptors (Lipinski definition) is 5. The van der Waals surface area contributed by atoms with Gasteiger partial charge in [0.05, 0.1) is 29.1 Å². The minimum Gasteiger partial charge on any atom is -0.351 e. The maximum Gasteiger partial charge on any atom is 0.426 e. The van der Waals surface area contributed by atoms with E-state index in [-0.39, 0.29) is 19.6 Å². The lowest BCUT2D eigenvalue weighted by atomic mass is 9.82. The largest absolute Gasteiger partial charge is 0.426 e. The molecule has 2 aromatic rings. The Kier molecular flexibility index (Phi) is 6.39. The number of amides is 1. The molecule has 1 spiro atoms. The molecule has 2 heterocycles. The number of hydroxylamine groups is 2. The quantitative estimate of drug-likeness (QED) is 0.611. The van der Waals surface area contributed by atoms with Gasteiger partial charge in [-0.15, -0.1) is 5.06 Å². The minimum atomic E-state index is -4.78. The Hall–Kier alpha value is -2.63. The van der Waals surface area contributed by atoms with E-state index in [9.17, 15) is 26.4 Å². The monoisotopic (exact) mass is 483 g/mol. The lowest BCUT2D eigenvalue weighted by molar-refractivity contribution is -0.224. The fraction of sp³-hybridized carbons (Fsp3) is 0.409. The Morgan fingerprint density at radius 2 is 1.73 bits per heavy atom. The van der Waals surface area contributed by atoms with Crippen LogP contribution in [0.4, 0.5) is 18.0 Å². The van der Waals surface area contributed by atoms with Gasteiger partial charge in [0, 0.05) is 13.1 Å². The van der Waals surface area contributed by atoms with Gasteiger partial charge >= 0.3 is 12.3 Å². The fourth-order valence-electron chi connectivity index (χ4n) is 4.21. The van der Waals surface area contributed by atoms with Gasteiger partial charge in [0.15, 0.2) is 0 Å². The Bertz CT molecular complexity index is 1100. The molecule has 0 atom stereocenters. The molecule has 178 valence electrons. The predicted molar refractivity (Wildman–Crippen MR) is 114 cm³/mol. The number of hydrogen-bond donors (Lipinski definition) is 1. The summed E-state index contributed by atoms with van der Waals surface area (Å²) in [5.74, 6) is 0. The Labute approximate surface area is 190 Å². The van der Waals surface area contributed by atoms with Crippen LogP contribution in [0, 0.1) is 0 Å². The minimum absolute atomic E-state index is 0.109. The molecule has 0 aliphatic carbocycles. The number of rotatable bonds is 7. The van der Waals surface area contributed by atoms with E-state index in [0.29, 0.717) is 13.0 Å². The molecule has 2 aromatic carbocycles. The van der Waals surface area contributed by atoms with Crippen molar-refractivity contribution >= 4 is 16.1 Å². The van der Waals surface area contributed by atoms with Crippen molar-refractivity contribution in [3.63, 3.8) is 0 Å². The molecule has 4 rings (SSSR count). The molecular weight excluding hydrogens is 459 g/mol. The fourth-order valence-corrected chi connectivity index (χ4v) is 6.20. The first-order chi connectivity index (χ1) is 15.6. The number of alkyl halides is 3. The van der Waals surface area contributed by atoms with E-state index in [1.165, 1.54) is 11.1 Å². The van der Waals surface area contributed by atoms with E-state index in [0.717, 1.165) is 40.9 Å². The average Bonchev–Trinajstić information content (AvgIpc) is 2.72. The highest BCUT2D eigenvalue weighted by molar-refractivity contribution is 7.89. The van der Waals surface area contributed by atoms with Crippen molar-refractivity contribution in [2.24, 2.45) is 0 Å². The van der Waals surface area contributed by atoms with Gasteiger partial charge in [-0.25, -0.2) is 13.2 Å². The molecule has 0 unspecified atom stereocenters. The summed E-state index contributed by atoms with van der Waals surface area (Å²) in [7, 11) is -4.35. The van der Waals surface area contributed by atoms with Crippen LogP contribution in [0.25, 0.3) is 0 Å². The topological polar surface area (TPSA) is 79.0 Å². The van der Waals surface area contributed by atoms with Crippen LogP contribution in [0.15, 0.2) is 59.5 Å². The standard InChI is InChI=1S/C22H24F3N3O4S/c23-22(24,25)18-10-4-5-11-19(18)33(30,31)28-14-12-21(28)15-27(16-21)32-20(29)26-13-6-9-17-7-2-1-3-8-17/h1-5,7-8,10-11H,6,9,12-16H2,(H,26,29). The number of sulfonamides is 1. The van der Waals surface area contributed by atoms with Crippen LogP contribution < -0.4 is 5.32 Å².